The van der Waals surface area contributed by atoms with Crippen LogP contribution in [0.5, 0.6) is 0 Å². The molecular weight excluding hydrogens is 273 g/mol. The van der Waals surface area contributed by atoms with Crippen molar-refractivity contribution in [2.24, 2.45) is 0 Å². The first kappa shape index (κ1) is 14.4. The molecule has 0 aliphatic heterocycles. The van der Waals surface area contributed by atoms with Crippen molar-refractivity contribution in [3.8, 4) is 0 Å². The van der Waals surface area contributed by atoms with Gasteiger partial charge < -0.3 is 10.4 Å². The number of hydrogen-bond donors (Lipinski definition) is 2. The summed E-state index contributed by atoms with van der Waals surface area (Å²) in [5, 5.41) is 20.5. The third kappa shape index (κ3) is 3.40. The summed E-state index contributed by atoms with van der Waals surface area (Å²) in [6.45, 7) is 0. The molecule has 1 amide bonds. The first-order chi connectivity index (χ1) is 8.62. The molecule has 0 aromatic heterocycles. The fourth-order valence-electron chi connectivity index (χ4n) is 1.14. The fourth-order valence-corrected chi connectivity index (χ4v) is 1.14. The Kier molecular flexibility index (Phi) is 3.73. The van der Waals surface area contributed by atoms with E-state index in [0.29, 0.717) is 12.1 Å². The Morgan fingerprint density at radius 1 is 1.32 bits per heavy atom. The molecule has 0 saturated heterocycles. The second-order valence-electron chi connectivity index (χ2n) is 3.25. The van der Waals surface area contributed by atoms with E-state index in [4.69, 9.17) is 5.11 Å². The molecule has 10 heteroatoms. The maximum atomic E-state index is 12.3. The van der Waals surface area contributed by atoms with E-state index in [1.165, 1.54) is 0 Å². The number of rotatable bonds is 2. The van der Waals surface area contributed by atoms with Crippen molar-refractivity contribution >= 4 is 23.3 Å². The van der Waals surface area contributed by atoms with Crippen LogP contribution in [-0.2, 0) is 15.8 Å². The second-order valence-corrected chi connectivity index (χ2v) is 3.25. The predicted molar refractivity (Wildman–Crippen MR) is 54.4 cm³/mol. The maximum absolute atomic E-state index is 12.3. The van der Waals surface area contributed by atoms with Crippen LogP contribution in [0.2, 0.25) is 0 Å². The van der Waals surface area contributed by atoms with E-state index in [0.717, 1.165) is 0 Å². The molecule has 19 heavy (non-hydrogen) atoms. The molecule has 0 heterocycles. The van der Waals surface area contributed by atoms with Gasteiger partial charge in [0.15, 0.2) is 0 Å². The van der Waals surface area contributed by atoms with Gasteiger partial charge in [-0.1, -0.05) is 0 Å². The topological polar surface area (TPSA) is 110 Å². The zero-order chi connectivity index (χ0) is 14.8. The third-order valence-electron chi connectivity index (χ3n) is 1.96. The number of benzene rings is 1. The van der Waals surface area contributed by atoms with Crippen molar-refractivity contribution in [1.29, 1.82) is 0 Å². The van der Waals surface area contributed by atoms with Crippen LogP contribution in [0.4, 0.5) is 24.5 Å². The number of anilines is 1. The molecule has 0 radical (unpaired) electrons. The van der Waals surface area contributed by atoms with Crippen LogP contribution in [0, 0.1) is 10.1 Å². The van der Waals surface area contributed by atoms with Crippen LogP contribution in [0.1, 0.15) is 5.56 Å². The molecule has 1 rings (SSSR count). The van der Waals surface area contributed by atoms with Gasteiger partial charge in [-0.2, -0.15) is 13.2 Å². The number of aliphatic carboxylic acids is 1. The van der Waals surface area contributed by atoms with E-state index < -0.39 is 39.9 Å². The van der Waals surface area contributed by atoms with Crippen LogP contribution in [-0.4, -0.2) is 21.9 Å². The van der Waals surface area contributed by atoms with Gasteiger partial charge in [0.1, 0.15) is 5.69 Å². The van der Waals surface area contributed by atoms with E-state index in [-0.39, 0.29) is 6.07 Å². The zero-order valence-electron chi connectivity index (χ0n) is 8.89. The SMILES string of the molecule is O=C(O)C(=O)Nc1ccc(C(F)(F)F)cc1[N+](=O)[O-]. The van der Waals surface area contributed by atoms with Gasteiger partial charge in [-0.25, -0.2) is 4.79 Å². The van der Waals surface area contributed by atoms with Gasteiger partial charge in [-0.15, -0.1) is 0 Å². The van der Waals surface area contributed by atoms with Gasteiger partial charge >= 0.3 is 18.1 Å². The Labute approximate surface area is 102 Å². The van der Waals surface area contributed by atoms with Crippen molar-refractivity contribution in [3.05, 3.63) is 33.9 Å². The molecule has 0 spiro atoms. The quantitative estimate of drug-likeness (QED) is 0.485. The van der Waals surface area contributed by atoms with Crippen molar-refractivity contribution in [1.82, 2.24) is 0 Å². The summed E-state index contributed by atoms with van der Waals surface area (Å²) in [5.74, 6) is -3.52. The number of nitrogens with one attached hydrogen (secondary N) is 1. The molecule has 1 aromatic carbocycles. The number of carbonyl (C=O) groups excluding carboxylic acids is 1. The lowest BCUT2D eigenvalue weighted by atomic mass is 10.1. The lowest BCUT2D eigenvalue weighted by Gasteiger charge is -2.08. The fraction of sp³-hybridized carbons (Fsp3) is 0.111. The van der Waals surface area contributed by atoms with E-state index in [1.807, 2.05) is 0 Å². The molecule has 0 unspecified atom stereocenters. The van der Waals surface area contributed by atoms with Gasteiger partial charge in [0, 0.05) is 6.07 Å². The Morgan fingerprint density at radius 3 is 2.32 bits per heavy atom. The average Bonchev–Trinajstić information content (AvgIpc) is 2.27. The largest absolute Gasteiger partial charge is 0.474 e. The summed E-state index contributed by atoms with van der Waals surface area (Å²) >= 11 is 0. The number of hydrogen-bond acceptors (Lipinski definition) is 4. The number of carboxylic acid groups (broad SMARTS) is 1. The van der Waals surface area contributed by atoms with Crippen LogP contribution >= 0.6 is 0 Å². The van der Waals surface area contributed by atoms with Crippen LogP contribution in [0.3, 0.4) is 0 Å². The molecule has 0 bridgehead atoms. The Hall–Kier alpha value is -2.65. The molecule has 0 aliphatic rings. The normalized spacial score (nSPS) is 10.9. The number of carboxylic acids is 1. The van der Waals surface area contributed by atoms with Crippen LogP contribution < -0.4 is 5.32 Å². The third-order valence-corrected chi connectivity index (χ3v) is 1.96. The number of halogens is 3. The van der Waals surface area contributed by atoms with E-state index in [1.54, 1.807) is 5.32 Å². The smallest absolute Gasteiger partial charge is 0.416 e. The van der Waals surface area contributed by atoms with Crippen LogP contribution in [0.25, 0.3) is 0 Å². The Morgan fingerprint density at radius 2 is 1.89 bits per heavy atom. The van der Waals surface area contributed by atoms with Gasteiger partial charge in [0.05, 0.1) is 10.5 Å². The number of amides is 1. The van der Waals surface area contributed by atoms with Gasteiger partial charge in [0.25, 0.3) is 5.69 Å². The molecule has 7 nitrogen and oxygen atoms in total. The van der Waals surface area contributed by atoms with Gasteiger partial charge in [0.2, 0.25) is 0 Å². The summed E-state index contributed by atoms with van der Waals surface area (Å²) < 4.78 is 37.0. The first-order valence-corrected chi connectivity index (χ1v) is 4.53. The molecule has 1 aromatic rings. The highest BCUT2D eigenvalue weighted by molar-refractivity contribution is 6.36. The monoisotopic (exact) mass is 278 g/mol. The molecule has 0 fully saturated rings. The molecular formula is C9H5F3N2O5. The Balaban J connectivity index is 3.23. The molecule has 2 N–H and O–H groups in total. The van der Waals surface area contributed by atoms with Crippen molar-refractivity contribution in [3.63, 3.8) is 0 Å². The summed E-state index contributed by atoms with van der Waals surface area (Å²) in [6, 6.07) is 1.31. The predicted octanol–water partition coefficient (Wildman–Crippen LogP) is 1.64. The highest BCUT2D eigenvalue weighted by Gasteiger charge is 2.33. The maximum Gasteiger partial charge on any atom is 0.416 e. The highest BCUT2D eigenvalue weighted by atomic mass is 19.4. The zero-order valence-corrected chi connectivity index (χ0v) is 8.89. The minimum Gasteiger partial charge on any atom is -0.474 e. The van der Waals surface area contributed by atoms with Crippen LogP contribution in [0.15, 0.2) is 18.2 Å². The van der Waals surface area contributed by atoms with E-state index in [2.05, 4.69) is 0 Å². The van der Waals surface area contributed by atoms with E-state index >= 15 is 0 Å². The summed E-state index contributed by atoms with van der Waals surface area (Å²) in [4.78, 5) is 30.5. The van der Waals surface area contributed by atoms with Crippen molar-refractivity contribution in [2.45, 2.75) is 6.18 Å². The number of nitrogens with zero attached hydrogens (tertiary/aromatic N) is 1. The summed E-state index contributed by atoms with van der Waals surface area (Å²) in [7, 11) is 0. The van der Waals surface area contributed by atoms with Gasteiger partial charge in [-0.05, 0) is 12.1 Å². The van der Waals surface area contributed by atoms with E-state index in [9.17, 15) is 32.9 Å². The van der Waals surface area contributed by atoms with Crippen molar-refractivity contribution in [2.75, 3.05) is 5.32 Å². The van der Waals surface area contributed by atoms with Crippen molar-refractivity contribution < 1.29 is 32.8 Å². The first-order valence-electron chi connectivity index (χ1n) is 4.53. The second kappa shape index (κ2) is 4.92. The summed E-state index contributed by atoms with van der Waals surface area (Å²) in [6.07, 6.45) is -4.79. The number of carbonyl (C=O) groups is 2. The van der Waals surface area contributed by atoms with Gasteiger partial charge in [-0.3, -0.25) is 14.9 Å². The molecule has 0 aliphatic carbocycles. The highest BCUT2D eigenvalue weighted by Crippen LogP contribution is 2.34. The minimum absolute atomic E-state index is 0.206. The summed E-state index contributed by atoms with van der Waals surface area (Å²) in [5.41, 5.74) is -2.97. The standard InChI is InChI=1S/C9H5F3N2O5/c10-9(11,12)4-1-2-5(6(3-4)14(18)19)13-7(15)8(16)17/h1-3H,(H,13,15)(H,16,17). The number of nitro benzene ring substituents is 1. The Bertz CT molecular complexity index is 555. The number of nitro groups is 1. The average molecular weight is 278 g/mol. The number of alkyl halides is 3. The lowest BCUT2D eigenvalue weighted by Crippen LogP contribution is -2.22. The molecule has 102 valence electrons. The lowest BCUT2D eigenvalue weighted by molar-refractivity contribution is -0.384. The minimum atomic E-state index is -4.79. The molecule has 0 saturated carbocycles. The molecule has 0 atom stereocenters.